The highest BCUT2D eigenvalue weighted by atomic mass is 19.4. The highest BCUT2D eigenvalue weighted by Gasteiger charge is 2.87. The summed E-state index contributed by atoms with van der Waals surface area (Å²) in [7, 11) is 0. The molecule has 0 unspecified atom stereocenters. The summed E-state index contributed by atoms with van der Waals surface area (Å²) in [6, 6.07) is -2.29. The third-order valence-corrected chi connectivity index (χ3v) is 2.19. The molecular formula is C8H8F9NO3. The summed E-state index contributed by atoms with van der Waals surface area (Å²) in [4.78, 5) is 10.9. The number of hydrogen-bond acceptors (Lipinski definition) is 4. The second-order valence-electron chi connectivity index (χ2n) is 3.71. The van der Waals surface area contributed by atoms with Crippen molar-refractivity contribution in [3.8, 4) is 0 Å². The van der Waals surface area contributed by atoms with E-state index in [1.54, 1.807) is 0 Å². The molecular weight excluding hydrogens is 329 g/mol. The topological polar surface area (TPSA) is 72.5 Å². The maximum atomic E-state index is 12.4. The maximum Gasteiger partial charge on any atom is 0.447 e. The molecule has 0 aromatic heterocycles. The molecule has 0 rings (SSSR count). The van der Waals surface area contributed by atoms with Crippen LogP contribution in [-0.4, -0.2) is 47.9 Å². The van der Waals surface area contributed by atoms with Gasteiger partial charge in [-0.2, -0.15) is 39.5 Å². The van der Waals surface area contributed by atoms with Gasteiger partial charge in [0.15, 0.2) is 0 Å². The van der Waals surface area contributed by atoms with Crippen molar-refractivity contribution in [2.75, 3.05) is 6.61 Å². The van der Waals surface area contributed by atoms with Crippen LogP contribution in [0, 0.1) is 0 Å². The van der Waals surface area contributed by atoms with Crippen LogP contribution in [0.1, 0.15) is 6.42 Å². The minimum atomic E-state index is -7.02. The van der Waals surface area contributed by atoms with Gasteiger partial charge in [-0.05, 0) is 6.42 Å². The zero-order valence-corrected chi connectivity index (χ0v) is 9.73. The molecule has 0 aromatic carbocycles. The molecule has 0 heterocycles. The van der Waals surface area contributed by atoms with E-state index in [1.807, 2.05) is 0 Å². The summed E-state index contributed by atoms with van der Waals surface area (Å²) in [5.41, 5.74) is -1.97. The zero-order chi connectivity index (χ0) is 17.3. The fraction of sp³-hybridized carbons (Fsp3) is 0.875. The van der Waals surface area contributed by atoms with E-state index in [4.69, 9.17) is 10.8 Å². The fourth-order valence-corrected chi connectivity index (χ4v) is 1.14. The SMILES string of the molecule is N[C@@H](CCO)C(=O)OC(C(F)(F)F)(C(F)(F)F)C(F)(F)F. The molecule has 0 saturated heterocycles. The maximum absolute atomic E-state index is 12.4. The lowest BCUT2D eigenvalue weighted by Gasteiger charge is -2.37. The summed E-state index contributed by atoms with van der Waals surface area (Å²) in [6.45, 7) is -0.965. The van der Waals surface area contributed by atoms with Crippen molar-refractivity contribution >= 4 is 5.97 Å². The Morgan fingerprint density at radius 2 is 1.29 bits per heavy atom. The molecule has 21 heavy (non-hydrogen) atoms. The smallest absolute Gasteiger partial charge is 0.431 e. The van der Waals surface area contributed by atoms with Gasteiger partial charge in [0.1, 0.15) is 6.04 Å². The number of aliphatic hydroxyl groups excluding tert-OH is 1. The van der Waals surface area contributed by atoms with E-state index in [9.17, 15) is 44.3 Å². The number of ether oxygens (including phenoxy) is 1. The Bertz CT molecular complexity index is 337. The average molecular weight is 337 g/mol. The van der Waals surface area contributed by atoms with Crippen molar-refractivity contribution in [2.45, 2.75) is 36.6 Å². The lowest BCUT2D eigenvalue weighted by Crippen LogP contribution is -2.69. The van der Waals surface area contributed by atoms with Crippen LogP contribution in [0.15, 0.2) is 0 Å². The lowest BCUT2D eigenvalue weighted by molar-refractivity contribution is -0.446. The quantitative estimate of drug-likeness (QED) is 0.605. The van der Waals surface area contributed by atoms with Crippen LogP contribution in [0.25, 0.3) is 0 Å². The molecule has 0 aromatic rings. The minimum Gasteiger partial charge on any atom is -0.431 e. The Hall–Kier alpha value is -1.24. The van der Waals surface area contributed by atoms with E-state index in [2.05, 4.69) is 4.74 Å². The minimum absolute atomic E-state index is 0.886. The van der Waals surface area contributed by atoms with Gasteiger partial charge in [0, 0.05) is 6.61 Å². The number of carbonyl (C=O) groups excluding carboxylic acids is 1. The predicted octanol–water partition coefficient (Wildman–Crippen LogP) is 1.67. The van der Waals surface area contributed by atoms with Crippen molar-refractivity contribution in [1.82, 2.24) is 0 Å². The van der Waals surface area contributed by atoms with Gasteiger partial charge in [-0.1, -0.05) is 0 Å². The van der Waals surface area contributed by atoms with E-state index < -0.39 is 49.2 Å². The van der Waals surface area contributed by atoms with Crippen molar-refractivity contribution < 1.29 is 54.2 Å². The average Bonchev–Trinajstić information content (AvgIpc) is 2.20. The molecule has 0 aliphatic carbocycles. The van der Waals surface area contributed by atoms with Gasteiger partial charge >= 0.3 is 30.1 Å². The van der Waals surface area contributed by atoms with Crippen LogP contribution in [0.4, 0.5) is 39.5 Å². The van der Waals surface area contributed by atoms with Gasteiger partial charge in [-0.3, -0.25) is 4.79 Å². The molecule has 0 amide bonds. The van der Waals surface area contributed by atoms with Gasteiger partial charge < -0.3 is 15.6 Å². The van der Waals surface area contributed by atoms with E-state index >= 15 is 0 Å². The Kier molecular flexibility index (Phi) is 5.52. The largest absolute Gasteiger partial charge is 0.447 e. The third-order valence-electron chi connectivity index (χ3n) is 2.19. The van der Waals surface area contributed by atoms with Crippen LogP contribution in [0.5, 0.6) is 0 Å². The van der Waals surface area contributed by atoms with Gasteiger partial charge in [-0.15, -0.1) is 0 Å². The molecule has 0 aliphatic rings. The van der Waals surface area contributed by atoms with Crippen molar-refractivity contribution in [3.05, 3.63) is 0 Å². The summed E-state index contributed by atoms with van der Waals surface area (Å²) < 4.78 is 114. The normalized spacial score (nSPS) is 15.8. The van der Waals surface area contributed by atoms with Crippen molar-refractivity contribution in [1.29, 1.82) is 0 Å². The number of aliphatic hydroxyl groups is 1. The molecule has 1 atom stereocenters. The van der Waals surface area contributed by atoms with Crippen LogP contribution >= 0.6 is 0 Å². The van der Waals surface area contributed by atoms with Gasteiger partial charge in [0.25, 0.3) is 0 Å². The van der Waals surface area contributed by atoms with Crippen LogP contribution in [0.2, 0.25) is 0 Å². The first kappa shape index (κ1) is 19.8. The molecule has 126 valence electrons. The molecule has 0 spiro atoms. The molecule has 0 bridgehead atoms. The van der Waals surface area contributed by atoms with E-state index in [0.29, 0.717) is 0 Å². The predicted molar refractivity (Wildman–Crippen MR) is 46.7 cm³/mol. The van der Waals surface area contributed by atoms with Gasteiger partial charge in [0.05, 0.1) is 0 Å². The van der Waals surface area contributed by atoms with E-state index in [1.165, 1.54) is 0 Å². The third kappa shape index (κ3) is 3.70. The highest BCUT2D eigenvalue weighted by Crippen LogP contribution is 2.54. The van der Waals surface area contributed by atoms with Gasteiger partial charge in [-0.25, -0.2) is 0 Å². The second-order valence-corrected chi connectivity index (χ2v) is 3.71. The number of esters is 1. The first-order valence-corrected chi connectivity index (χ1v) is 4.91. The highest BCUT2D eigenvalue weighted by molar-refractivity contribution is 5.76. The van der Waals surface area contributed by atoms with Crippen LogP contribution in [-0.2, 0) is 9.53 Å². The monoisotopic (exact) mass is 337 g/mol. The number of alkyl halides is 9. The molecule has 13 heteroatoms. The van der Waals surface area contributed by atoms with Crippen molar-refractivity contribution in [3.63, 3.8) is 0 Å². The lowest BCUT2D eigenvalue weighted by atomic mass is 10.0. The molecule has 4 nitrogen and oxygen atoms in total. The van der Waals surface area contributed by atoms with E-state index in [-0.39, 0.29) is 0 Å². The number of halogens is 9. The van der Waals surface area contributed by atoms with E-state index in [0.717, 1.165) is 0 Å². The molecule has 3 N–H and O–H groups in total. The first-order chi connectivity index (χ1) is 9.12. The standard InChI is InChI=1S/C8H8F9NO3/c9-6(10,11)5(7(12,13)14,8(15,16)17)21-4(20)3(18)1-2-19/h3,19H,1-2,18H2/t3-/m0/s1. The van der Waals surface area contributed by atoms with Crippen LogP contribution < -0.4 is 5.73 Å². The first-order valence-electron chi connectivity index (χ1n) is 4.91. The zero-order valence-electron chi connectivity index (χ0n) is 9.73. The molecule has 0 radical (unpaired) electrons. The Morgan fingerprint density at radius 1 is 0.952 bits per heavy atom. The number of rotatable bonds is 4. The molecule has 0 fully saturated rings. The molecule has 0 saturated carbocycles. The van der Waals surface area contributed by atoms with Gasteiger partial charge in [0.2, 0.25) is 0 Å². The molecule has 0 aliphatic heterocycles. The summed E-state index contributed by atoms with van der Waals surface area (Å²) in [6.07, 6.45) is -21.9. The Balaban J connectivity index is 5.90. The van der Waals surface area contributed by atoms with Crippen LogP contribution in [0.3, 0.4) is 0 Å². The second kappa shape index (κ2) is 5.87. The summed E-state index contributed by atoms with van der Waals surface area (Å²) in [5.74, 6) is -2.60. The Labute approximate surface area is 110 Å². The number of nitrogens with two attached hydrogens (primary N) is 1. The summed E-state index contributed by atoms with van der Waals surface area (Å²) in [5, 5.41) is 8.31. The van der Waals surface area contributed by atoms with Crippen molar-refractivity contribution in [2.24, 2.45) is 5.73 Å². The number of hydrogen-bond donors (Lipinski definition) is 2. The Morgan fingerprint density at radius 3 is 1.52 bits per heavy atom. The fourth-order valence-electron chi connectivity index (χ4n) is 1.14. The number of carbonyl (C=O) groups is 1. The summed E-state index contributed by atoms with van der Waals surface area (Å²) >= 11 is 0.